The third-order valence-electron chi connectivity index (χ3n) is 3.01. The van der Waals surface area contributed by atoms with Crippen LogP contribution in [0.4, 0.5) is 0 Å². The Morgan fingerprint density at radius 1 is 0.958 bits per heavy atom. The Balaban J connectivity index is 1.78. The molecule has 7 nitrogen and oxygen atoms in total. The van der Waals surface area contributed by atoms with Crippen molar-refractivity contribution < 1.29 is 19.5 Å². The molecule has 2 aromatic rings. The maximum Gasteiger partial charge on any atom is 0.335 e. The second-order valence-corrected chi connectivity index (χ2v) is 4.77. The van der Waals surface area contributed by atoms with Gasteiger partial charge in [-0.05, 0) is 29.8 Å². The molecular formula is C17H15N3O4. The summed E-state index contributed by atoms with van der Waals surface area (Å²) < 4.78 is 0. The summed E-state index contributed by atoms with van der Waals surface area (Å²) in [4.78, 5) is 34.1. The smallest absolute Gasteiger partial charge is 0.335 e. The Bertz CT molecular complexity index is 755. The van der Waals surface area contributed by atoms with Crippen molar-refractivity contribution in [3.05, 3.63) is 71.3 Å². The number of carbonyl (C=O) groups is 3. The van der Waals surface area contributed by atoms with Gasteiger partial charge in [0.25, 0.3) is 11.8 Å². The number of rotatable bonds is 6. The normalized spacial score (nSPS) is 10.3. The van der Waals surface area contributed by atoms with Crippen LogP contribution in [0.5, 0.6) is 0 Å². The monoisotopic (exact) mass is 325 g/mol. The van der Waals surface area contributed by atoms with E-state index in [1.165, 1.54) is 18.3 Å². The first-order chi connectivity index (χ1) is 11.6. The van der Waals surface area contributed by atoms with Gasteiger partial charge in [0.05, 0.1) is 18.3 Å². The fourth-order valence-electron chi connectivity index (χ4n) is 1.78. The molecule has 7 heteroatoms. The summed E-state index contributed by atoms with van der Waals surface area (Å²) in [6.45, 7) is -0.205. The molecule has 0 fully saturated rings. The summed E-state index contributed by atoms with van der Waals surface area (Å²) in [7, 11) is 0. The molecule has 0 aliphatic carbocycles. The Labute approximate surface area is 138 Å². The van der Waals surface area contributed by atoms with Gasteiger partial charge in [-0.25, -0.2) is 10.2 Å². The number of amides is 2. The van der Waals surface area contributed by atoms with Crippen molar-refractivity contribution >= 4 is 24.0 Å². The largest absolute Gasteiger partial charge is 0.478 e. The van der Waals surface area contributed by atoms with E-state index >= 15 is 0 Å². The molecule has 0 aromatic heterocycles. The van der Waals surface area contributed by atoms with Crippen LogP contribution in [0.15, 0.2) is 59.7 Å². The minimum Gasteiger partial charge on any atom is -0.478 e. The van der Waals surface area contributed by atoms with Crippen molar-refractivity contribution in [1.82, 2.24) is 10.7 Å². The van der Waals surface area contributed by atoms with Crippen LogP contribution in [0, 0.1) is 0 Å². The van der Waals surface area contributed by atoms with E-state index in [0.717, 1.165) is 0 Å². The van der Waals surface area contributed by atoms with Gasteiger partial charge in [0.15, 0.2) is 0 Å². The lowest BCUT2D eigenvalue weighted by Crippen LogP contribution is -2.34. The molecule has 0 radical (unpaired) electrons. The van der Waals surface area contributed by atoms with Gasteiger partial charge in [-0.1, -0.05) is 30.3 Å². The second kappa shape index (κ2) is 8.23. The Morgan fingerprint density at radius 3 is 2.25 bits per heavy atom. The van der Waals surface area contributed by atoms with Crippen molar-refractivity contribution in [3.63, 3.8) is 0 Å². The molecule has 0 aliphatic rings. The van der Waals surface area contributed by atoms with Crippen molar-refractivity contribution in [3.8, 4) is 0 Å². The zero-order valence-corrected chi connectivity index (χ0v) is 12.6. The standard InChI is InChI=1S/C17H15N3O4/c21-15(11-18-16(22)13-4-2-1-3-5-13)20-19-10-12-6-8-14(9-7-12)17(23)24/h1-10H,11H2,(H,18,22)(H,20,21)(H,23,24)/b19-10-. The molecule has 3 N–H and O–H groups in total. The van der Waals surface area contributed by atoms with Gasteiger partial charge >= 0.3 is 5.97 Å². The molecule has 0 spiro atoms. The third-order valence-corrected chi connectivity index (χ3v) is 3.01. The average Bonchev–Trinajstić information content (AvgIpc) is 2.61. The first-order valence-electron chi connectivity index (χ1n) is 7.05. The maximum atomic E-state index is 11.8. The van der Waals surface area contributed by atoms with Gasteiger partial charge in [-0.2, -0.15) is 5.10 Å². The molecule has 0 heterocycles. The van der Waals surface area contributed by atoms with Crippen LogP contribution in [-0.4, -0.2) is 35.6 Å². The van der Waals surface area contributed by atoms with Crippen LogP contribution in [0.25, 0.3) is 0 Å². The number of carboxylic acids is 1. The lowest BCUT2D eigenvalue weighted by Gasteiger charge is -2.03. The van der Waals surface area contributed by atoms with Crippen molar-refractivity contribution in [2.45, 2.75) is 0 Å². The summed E-state index contributed by atoms with van der Waals surface area (Å²) in [5, 5.41) is 15.0. The van der Waals surface area contributed by atoms with E-state index in [-0.39, 0.29) is 18.0 Å². The highest BCUT2D eigenvalue weighted by atomic mass is 16.4. The predicted octanol–water partition coefficient (Wildman–Crippen LogP) is 1.26. The molecule has 2 aromatic carbocycles. The zero-order chi connectivity index (χ0) is 17.4. The fourth-order valence-corrected chi connectivity index (χ4v) is 1.78. The number of hydrazone groups is 1. The predicted molar refractivity (Wildman–Crippen MR) is 87.9 cm³/mol. The molecule has 0 bridgehead atoms. The number of nitrogens with zero attached hydrogens (tertiary/aromatic N) is 1. The van der Waals surface area contributed by atoms with Crippen LogP contribution in [-0.2, 0) is 4.79 Å². The van der Waals surface area contributed by atoms with E-state index in [1.54, 1.807) is 42.5 Å². The molecule has 2 amide bonds. The molecule has 0 aliphatic heterocycles. The van der Waals surface area contributed by atoms with E-state index < -0.39 is 11.9 Å². The average molecular weight is 325 g/mol. The van der Waals surface area contributed by atoms with Crippen LogP contribution < -0.4 is 10.7 Å². The SMILES string of the molecule is O=C(CNC(=O)c1ccccc1)N/N=C\c1ccc(C(=O)O)cc1. The summed E-state index contributed by atoms with van der Waals surface area (Å²) >= 11 is 0. The lowest BCUT2D eigenvalue weighted by atomic mass is 10.1. The second-order valence-electron chi connectivity index (χ2n) is 4.77. The summed E-state index contributed by atoms with van der Waals surface area (Å²) in [5.41, 5.74) is 3.54. The summed E-state index contributed by atoms with van der Waals surface area (Å²) in [6, 6.07) is 14.5. The van der Waals surface area contributed by atoms with Crippen molar-refractivity contribution in [1.29, 1.82) is 0 Å². The Kier molecular flexibility index (Phi) is 5.79. The number of benzene rings is 2. The number of hydrogen-bond acceptors (Lipinski definition) is 4. The summed E-state index contributed by atoms with van der Waals surface area (Å²) in [5.74, 6) is -1.84. The third kappa shape index (κ3) is 5.06. The highest BCUT2D eigenvalue weighted by Gasteiger charge is 2.06. The number of hydrogen-bond donors (Lipinski definition) is 3. The molecule has 122 valence electrons. The van der Waals surface area contributed by atoms with Gasteiger partial charge in [0, 0.05) is 5.56 Å². The number of aromatic carboxylic acids is 1. The molecule has 2 rings (SSSR count). The van der Waals surface area contributed by atoms with E-state index in [1.807, 2.05) is 0 Å². The highest BCUT2D eigenvalue weighted by Crippen LogP contribution is 2.02. The zero-order valence-electron chi connectivity index (χ0n) is 12.6. The number of carbonyl (C=O) groups excluding carboxylic acids is 2. The van der Waals surface area contributed by atoms with E-state index in [4.69, 9.17) is 5.11 Å². The van der Waals surface area contributed by atoms with E-state index in [0.29, 0.717) is 11.1 Å². The summed E-state index contributed by atoms with van der Waals surface area (Å²) in [6.07, 6.45) is 1.38. The minimum atomic E-state index is -1.01. The van der Waals surface area contributed by atoms with Gasteiger partial charge < -0.3 is 10.4 Å². The molecule has 0 saturated heterocycles. The van der Waals surface area contributed by atoms with Gasteiger partial charge in [-0.15, -0.1) is 0 Å². The molecular weight excluding hydrogens is 310 g/mol. The number of nitrogens with one attached hydrogen (secondary N) is 2. The van der Waals surface area contributed by atoms with Crippen LogP contribution in [0.3, 0.4) is 0 Å². The first-order valence-corrected chi connectivity index (χ1v) is 7.05. The van der Waals surface area contributed by atoms with Crippen LogP contribution in [0.1, 0.15) is 26.3 Å². The van der Waals surface area contributed by atoms with Crippen molar-refractivity contribution in [2.75, 3.05) is 6.54 Å². The molecule has 0 saturated carbocycles. The molecule has 24 heavy (non-hydrogen) atoms. The minimum absolute atomic E-state index is 0.166. The Hall–Kier alpha value is -3.48. The Morgan fingerprint density at radius 2 is 1.62 bits per heavy atom. The lowest BCUT2D eigenvalue weighted by molar-refractivity contribution is -0.120. The fraction of sp³-hybridized carbons (Fsp3) is 0.0588. The first kappa shape index (κ1) is 16.9. The van der Waals surface area contributed by atoms with Crippen LogP contribution >= 0.6 is 0 Å². The van der Waals surface area contributed by atoms with Crippen molar-refractivity contribution in [2.24, 2.45) is 5.10 Å². The molecule has 0 unspecified atom stereocenters. The quantitative estimate of drug-likeness (QED) is 0.549. The highest BCUT2D eigenvalue weighted by molar-refractivity contribution is 5.96. The molecule has 0 atom stereocenters. The van der Waals surface area contributed by atoms with E-state index in [2.05, 4.69) is 15.8 Å². The topological polar surface area (TPSA) is 108 Å². The van der Waals surface area contributed by atoms with Gasteiger partial charge in [-0.3, -0.25) is 9.59 Å². The van der Waals surface area contributed by atoms with Gasteiger partial charge in [0.2, 0.25) is 0 Å². The van der Waals surface area contributed by atoms with E-state index in [9.17, 15) is 14.4 Å². The van der Waals surface area contributed by atoms with Crippen LogP contribution in [0.2, 0.25) is 0 Å². The van der Waals surface area contributed by atoms with Gasteiger partial charge in [0.1, 0.15) is 0 Å². The maximum absolute atomic E-state index is 11.8. The number of carboxylic acid groups (broad SMARTS) is 1.